The number of nitrogens with zero attached hydrogens (tertiary/aromatic N) is 5. The first-order valence-electron chi connectivity index (χ1n) is 8.12. The molecule has 0 saturated heterocycles. The number of anilines is 2. The van der Waals surface area contributed by atoms with E-state index in [1.54, 1.807) is 4.57 Å². The molecule has 1 aliphatic rings. The molecule has 1 aliphatic heterocycles. The van der Waals surface area contributed by atoms with Gasteiger partial charge in [-0.25, -0.2) is 4.79 Å². The number of carbonyl (C=O) groups is 1. The van der Waals surface area contributed by atoms with E-state index in [0.29, 0.717) is 23.6 Å². The lowest BCUT2D eigenvalue weighted by molar-refractivity contribution is -0.306. The zero-order chi connectivity index (χ0) is 18.6. The third-order valence-corrected chi connectivity index (χ3v) is 4.63. The Kier molecular flexibility index (Phi) is 3.46. The van der Waals surface area contributed by atoms with E-state index >= 15 is 0 Å². The molecule has 0 amide bonds. The van der Waals surface area contributed by atoms with Gasteiger partial charge in [-0.1, -0.05) is 17.7 Å². The molecule has 4 rings (SSSR count). The number of aliphatic carboxylic acids is 1. The number of rotatable bonds is 3. The SMILES string of the molecule is Cc1ccc(N2CCn3c2nc2c3c(=O)n(CC(=O)[O-])c(=O)n2C)cc1. The minimum absolute atomic E-state index is 0.220. The summed E-state index contributed by atoms with van der Waals surface area (Å²) in [7, 11) is 1.47. The van der Waals surface area contributed by atoms with Gasteiger partial charge < -0.3 is 19.4 Å². The van der Waals surface area contributed by atoms with Gasteiger partial charge in [0.2, 0.25) is 5.95 Å². The minimum atomic E-state index is -1.49. The molecule has 3 heterocycles. The molecular formula is C17H16N5O4-. The van der Waals surface area contributed by atoms with Gasteiger partial charge in [0.25, 0.3) is 5.56 Å². The smallest absolute Gasteiger partial charge is 0.332 e. The summed E-state index contributed by atoms with van der Waals surface area (Å²) in [6.07, 6.45) is 0. The molecule has 0 spiro atoms. The number of carbonyl (C=O) groups excluding carboxylic acids is 1. The van der Waals surface area contributed by atoms with Gasteiger partial charge in [-0.15, -0.1) is 0 Å². The summed E-state index contributed by atoms with van der Waals surface area (Å²) >= 11 is 0. The molecule has 9 nitrogen and oxygen atoms in total. The van der Waals surface area contributed by atoms with E-state index in [4.69, 9.17) is 0 Å². The van der Waals surface area contributed by atoms with Gasteiger partial charge in [-0.05, 0) is 19.1 Å². The zero-order valence-corrected chi connectivity index (χ0v) is 14.3. The zero-order valence-electron chi connectivity index (χ0n) is 14.3. The maximum atomic E-state index is 12.7. The van der Waals surface area contributed by atoms with Gasteiger partial charge in [-0.3, -0.25) is 13.9 Å². The number of hydrogen-bond acceptors (Lipinski definition) is 6. The van der Waals surface area contributed by atoms with Crippen LogP contribution in [0.3, 0.4) is 0 Å². The predicted molar refractivity (Wildman–Crippen MR) is 92.4 cm³/mol. The van der Waals surface area contributed by atoms with Crippen molar-refractivity contribution in [3.8, 4) is 0 Å². The molecule has 0 atom stereocenters. The molecule has 134 valence electrons. The van der Waals surface area contributed by atoms with Crippen LogP contribution in [0.1, 0.15) is 5.56 Å². The normalized spacial score (nSPS) is 13.4. The number of aromatic nitrogens is 4. The second-order valence-electron chi connectivity index (χ2n) is 6.33. The van der Waals surface area contributed by atoms with E-state index in [0.717, 1.165) is 11.3 Å². The van der Waals surface area contributed by atoms with Crippen LogP contribution in [0.4, 0.5) is 11.6 Å². The summed E-state index contributed by atoms with van der Waals surface area (Å²) in [4.78, 5) is 42.4. The van der Waals surface area contributed by atoms with Crippen LogP contribution in [0.15, 0.2) is 33.9 Å². The number of fused-ring (bicyclic) bond motifs is 3. The molecule has 2 aromatic heterocycles. The first-order chi connectivity index (χ1) is 12.4. The molecule has 0 aliphatic carbocycles. The second-order valence-corrected chi connectivity index (χ2v) is 6.33. The third-order valence-electron chi connectivity index (χ3n) is 4.63. The van der Waals surface area contributed by atoms with Crippen molar-refractivity contribution in [3.63, 3.8) is 0 Å². The Morgan fingerprint density at radius 2 is 1.88 bits per heavy atom. The summed E-state index contributed by atoms with van der Waals surface area (Å²) in [6, 6.07) is 7.92. The molecule has 0 unspecified atom stereocenters. The molecule has 3 aromatic rings. The average Bonchev–Trinajstić information content (AvgIpc) is 3.16. The Balaban J connectivity index is 1.95. The fourth-order valence-electron chi connectivity index (χ4n) is 3.32. The molecule has 0 N–H and O–H groups in total. The maximum Gasteiger partial charge on any atom is 0.332 e. The standard InChI is InChI=1S/C17H17N5O4/c1-10-3-5-11(6-4-10)20-7-8-21-13-14(18-16(20)21)19(2)17(26)22(15(13)25)9-12(23)24/h3-6H,7-9H2,1-2H3,(H,23,24)/p-1. The lowest BCUT2D eigenvalue weighted by Gasteiger charge is -2.16. The molecule has 0 bridgehead atoms. The lowest BCUT2D eigenvalue weighted by atomic mass is 10.2. The molecule has 1 aromatic carbocycles. The van der Waals surface area contributed by atoms with E-state index in [1.165, 1.54) is 11.6 Å². The van der Waals surface area contributed by atoms with Crippen LogP contribution in [-0.4, -0.2) is 31.2 Å². The van der Waals surface area contributed by atoms with Crippen molar-refractivity contribution >= 4 is 28.8 Å². The monoisotopic (exact) mass is 354 g/mol. The van der Waals surface area contributed by atoms with Gasteiger partial charge in [0, 0.05) is 25.8 Å². The Labute approximate surface area is 147 Å². The van der Waals surface area contributed by atoms with Crippen LogP contribution in [0, 0.1) is 6.92 Å². The first kappa shape index (κ1) is 16.1. The first-order valence-corrected chi connectivity index (χ1v) is 8.12. The van der Waals surface area contributed by atoms with Crippen molar-refractivity contribution < 1.29 is 9.90 Å². The Morgan fingerprint density at radius 3 is 2.54 bits per heavy atom. The van der Waals surface area contributed by atoms with E-state index in [-0.39, 0.29) is 11.2 Å². The average molecular weight is 354 g/mol. The number of carboxylic acid groups (broad SMARTS) is 1. The van der Waals surface area contributed by atoms with Gasteiger partial charge in [0.1, 0.15) is 0 Å². The number of benzene rings is 1. The van der Waals surface area contributed by atoms with Crippen molar-refractivity contribution in [2.75, 3.05) is 11.4 Å². The quantitative estimate of drug-likeness (QED) is 0.604. The highest BCUT2D eigenvalue weighted by Gasteiger charge is 2.28. The minimum Gasteiger partial charge on any atom is -0.548 e. The number of hydrogen-bond donors (Lipinski definition) is 0. The van der Waals surface area contributed by atoms with Gasteiger partial charge in [0.05, 0.1) is 12.5 Å². The van der Waals surface area contributed by atoms with Gasteiger partial charge in [-0.2, -0.15) is 4.98 Å². The topological polar surface area (TPSA) is 105 Å². The van der Waals surface area contributed by atoms with Crippen molar-refractivity contribution in [2.24, 2.45) is 7.05 Å². The van der Waals surface area contributed by atoms with Crippen molar-refractivity contribution in [1.29, 1.82) is 0 Å². The van der Waals surface area contributed by atoms with Crippen LogP contribution in [0.25, 0.3) is 11.2 Å². The summed E-state index contributed by atoms with van der Waals surface area (Å²) in [5.74, 6) is -0.937. The maximum absolute atomic E-state index is 12.7. The van der Waals surface area contributed by atoms with Crippen molar-refractivity contribution in [3.05, 3.63) is 50.7 Å². The summed E-state index contributed by atoms with van der Waals surface area (Å²) in [5.41, 5.74) is 1.13. The van der Waals surface area contributed by atoms with E-state index < -0.39 is 23.8 Å². The molecule has 0 radical (unpaired) electrons. The Bertz CT molecular complexity index is 1150. The van der Waals surface area contributed by atoms with E-state index in [9.17, 15) is 19.5 Å². The summed E-state index contributed by atoms with van der Waals surface area (Å²) < 4.78 is 3.59. The van der Waals surface area contributed by atoms with E-state index in [1.807, 2.05) is 36.1 Å². The highest BCUT2D eigenvalue weighted by molar-refractivity contribution is 5.78. The van der Waals surface area contributed by atoms with Crippen LogP contribution in [0.2, 0.25) is 0 Å². The van der Waals surface area contributed by atoms with Crippen LogP contribution in [0.5, 0.6) is 0 Å². The van der Waals surface area contributed by atoms with E-state index in [2.05, 4.69) is 4.98 Å². The lowest BCUT2D eigenvalue weighted by Crippen LogP contribution is -2.44. The molecule has 0 saturated carbocycles. The second kappa shape index (κ2) is 5.58. The highest BCUT2D eigenvalue weighted by atomic mass is 16.4. The predicted octanol–water partition coefficient (Wildman–Crippen LogP) is -0.893. The van der Waals surface area contributed by atoms with Crippen LogP contribution in [-0.2, 0) is 24.9 Å². The van der Waals surface area contributed by atoms with Crippen LogP contribution < -0.4 is 21.3 Å². The largest absolute Gasteiger partial charge is 0.548 e. The molecule has 0 fully saturated rings. The number of imidazole rings is 1. The highest BCUT2D eigenvalue weighted by Crippen LogP contribution is 2.31. The fourth-order valence-corrected chi connectivity index (χ4v) is 3.32. The Hall–Kier alpha value is -3.36. The van der Waals surface area contributed by atoms with Gasteiger partial charge in [0.15, 0.2) is 11.2 Å². The van der Waals surface area contributed by atoms with Gasteiger partial charge >= 0.3 is 5.69 Å². The van der Waals surface area contributed by atoms with Crippen LogP contribution >= 0.6 is 0 Å². The Morgan fingerprint density at radius 1 is 1.19 bits per heavy atom. The summed E-state index contributed by atoms with van der Waals surface area (Å²) in [6.45, 7) is 2.35. The van der Waals surface area contributed by atoms with Crippen molar-refractivity contribution in [1.82, 2.24) is 18.7 Å². The number of carboxylic acids is 1. The third kappa shape index (κ3) is 2.24. The fraction of sp³-hybridized carbons (Fsp3) is 0.294. The summed E-state index contributed by atoms with van der Waals surface area (Å²) in [5, 5.41) is 10.9. The molecule has 9 heteroatoms. The van der Waals surface area contributed by atoms with Crippen molar-refractivity contribution in [2.45, 2.75) is 20.0 Å². The molecular weight excluding hydrogens is 338 g/mol. The molecule has 26 heavy (non-hydrogen) atoms. The number of aryl methyl sites for hydroxylation is 2.